The standard InChI is InChI=1S/C29H39N3O3S/c1-28(2)24-15-16-29(28,26(18-24)31-27(33)25-14-9-17-30-25)21-36(34,35)32(19-22-10-5-3-6-11-22)20-23-12-7-4-8-13-23/h3-8,10-13,24-26,30H,9,14-21H2,1-2H3,(H,31,33)/t24-,25+,26-,29-/m1/s1. The number of carbonyl (C=O) groups excluding carboxylic acids is 1. The average Bonchev–Trinajstić information content (AvgIpc) is 3.52. The van der Waals surface area contributed by atoms with Crippen molar-refractivity contribution in [2.75, 3.05) is 12.3 Å². The number of hydrogen-bond donors (Lipinski definition) is 2. The molecule has 1 amide bonds. The third kappa shape index (κ3) is 4.73. The Balaban J connectivity index is 1.43. The van der Waals surface area contributed by atoms with Gasteiger partial charge in [0, 0.05) is 24.5 Å². The molecule has 36 heavy (non-hydrogen) atoms. The van der Waals surface area contributed by atoms with Crippen molar-refractivity contribution in [1.29, 1.82) is 0 Å². The van der Waals surface area contributed by atoms with Gasteiger partial charge >= 0.3 is 0 Å². The molecule has 0 radical (unpaired) electrons. The van der Waals surface area contributed by atoms with Crippen LogP contribution in [0.3, 0.4) is 0 Å². The largest absolute Gasteiger partial charge is 0.351 e. The number of rotatable bonds is 9. The number of fused-ring (bicyclic) bond motifs is 2. The van der Waals surface area contributed by atoms with Crippen molar-refractivity contribution in [1.82, 2.24) is 14.9 Å². The molecule has 2 aliphatic carbocycles. The highest BCUT2D eigenvalue weighted by atomic mass is 32.2. The van der Waals surface area contributed by atoms with Crippen LogP contribution in [0.15, 0.2) is 60.7 Å². The Labute approximate surface area is 215 Å². The second-order valence-corrected chi connectivity index (χ2v) is 13.5. The van der Waals surface area contributed by atoms with E-state index in [1.807, 2.05) is 60.7 Å². The first-order valence-electron chi connectivity index (χ1n) is 13.3. The van der Waals surface area contributed by atoms with Crippen LogP contribution in [0.4, 0.5) is 0 Å². The van der Waals surface area contributed by atoms with Crippen molar-refractivity contribution >= 4 is 15.9 Å². The molecule has 7 heteroatoms. The van der Waals surface area contributed by atoms with E-state index in [1.165, 1.54) is 0 Å². The van der Waals surface area contributed by atoms with Crippen LogP contribution in [0.2, 0.25) is 0 Å². The van der Waals surface area contributed by atoms with E-state index in [2.05, 4.69) is 24.5 Å². The molecule has 2 aromatic rings. The van der Waals surface area contributed by atoms with Crippen molar-refractivity contribution in [3.8, 4) is 0 Å². The monoisotopic (exact) mass is 509 g/mol. The van der Waals surface area contributed by atoms with Crippen molar-refractivity contribution in [2.45, 2.75) is 71.1 Å². The van der Waals surface area contributed by atoms with Gasteiger partial charge in [-0.05, 0) is 61.1 Å². The van der Waals surface area contributed by atoms with Crippen LogP contribution in [0.25, 0.3) is 0 Å². The maximum Gasteiger partial charge on any atom is 0.237 e. The van der Waals surface area contributed by atoms with Gasteiger partial charge in [-0.3, -0.25) is 4.79 Å². The van der Waals surface area contributed by atoms with Crippen molar-refractivity contribution in [3.05, 3.63) is 71.8 Å². The van der Waals surface area contributed by atoms with Crippen molar-refractivity contribution in [2.24, 2.45) is 16.7 Å². The van der Waals surface area contributed by atoms with Crippen molar-refractivity contribution < 1.29 is 13.2 Å². The minimum atomic E-state index is -3.64. The molecule has 0 aromatic heterocycles. The molecule has 6 nitrogen and oxygen atoms in total. The summed E-state index contributed by atoms with van der Waals surface area (Å²) in [6.45, 7) is 5.98. The summed E-state index contributed by atoms with van der Waals surface area (Å²) in [6.07, 6.45) is 4.56. The summed E-state index contributed by atoms with van der Waals surface area (Å²) in [5.41, 5.74) is 1.31. The van der Waals surface area contributed by atoms with Gasteiger partial charge in [0.15, 0.2) is 0 Å². The fourth-order valence-electron chi connectivity index (χ4n) is 7.05. The minimum absolute atomic E-state index is 0.0306. The Bertz CT molecular complexity index is 1120. The Morgan fingerprint density at radius 3 is 2.14 bits per heavy atom. The molecule has 0 unspecified atom stereocenters. The van der Waals surface area contributed by atoms with Crippen LogP contribution in [0.5, 0.6) is 0 Å². The molecule has 3 aliphatic rings. The summed E-state index contributed by atoms with van der Waals surface area (Å²) in [6, 6.07) is 19.3. The molecule has 2 bridgehead atoms. The van der Waals surface area contributed by atoms with E-state index in [9.17, 15) is 13.2 Å². The molecular formula is C29H39N3O3S. The quantitative estimate of drug-likeness (QED) is 0.534. The third-order valence-corrected chi connectivity index (χ3v) is 11.3. The molecule has 1 heterocycles. The van der Waals surface area contributed by atoms with Crippen LogP contribution in [0.1, 0.15) is 57.1 Å². The summed E-state index contributed by atoms with van der Waals surface area (Å²) in [5.74, 6) is 0.515. The predicted molar refractivity (Wildman–Crippen MR) is 142 cm³/mol. The van der Waals surface area contributed by atoms with Gasteiger partial charge in [0.1, 0.15) is 0 Å². The summed E-state index contributed by atoms with van der Waals surface area (Å²) in [4.78, 5) is 13.1. The van der Waals surface area contributed by atoms with Gasteiger partial charge in [0.25, 0.3) is 0 Å². The second-order valence-electron chi connectivity index (χ2n) is 11.6. The number of nitrogens with one attached hydrogen (secondary N) is 2. The van der Waals surface area contributed by atoms with E-state index in [0.29, 0.717) is 19.0 Å². The van der Waals surface area contributed by atoms with Gasteiger partial charge in [0.05, 0.1) is 11.8 Å². The maximum atomic E-state index is 14.3. The van der Waals surface area contributed by atoms with Gasteiger partial charge in [0.2, 0.25) is 15.9 Å². The zero-order chi connectivity index (χ0) is 25.4. The third-order valence-electron chi connectivity index (χ3n) is 9.36. The van der Waals surface area contributed by atoms with Crippen LogP contribution < -0.4 is 10.6 Å². The van der Waals surface area contributed by atoms with Gasteiger partial charge in [-0.2, -0.15) is 4.31 Å². The maximum absolute atomic E-state index is 14.3. The van der Waals surface area contributed by atoms with E-state index >= 15 is 0 Å². The van der Waals surface area contributed by atoms with E-state index in [0.717, 1.165) is 49.8 Å². The Morgan fingerprint density at radius 1 is 1.00 bits per heavy atom. The fourth-order valence-corrected chi connectivity index (χ4v) is 9.29. The molecule has 2 saturated carbocycles. The normalized spacial score (nSPS) is 29.0. The molecular weight excluding hydrogens is 470 g/mol. The van der Waals surface area contributed by atoms with Crippen LogP contribution in [0, 0.1) is 16.7 Å². The van der Waals surface area contributed by atoms with Gasteiger partial charge < -0.3 is 10.6 Å². The summed E-state index contributed by atoms with van der Waals surface area (Å²) in [7, 11) is -3.64. The number of sulfonamides is 1. The molecule has 2 N–H and O–H groups in total. The van der Waals surface area contributed by atoms with E-state index < -0.39 is 15.4 Å². The van der Waals surface area contributed by atoms with E-state index in [4.69, 9.17) is 0 Å². The van der Waals surface area contributed by atoms with Crippen LogP contribution >= 0.6 is 0 Å². The lowest BCUT2D eigenvalue weighted by atomic mass is 9.69. The number of benzene rings is 2. The summed E-state index contributed by atoms with van der Waals surface area (Å²) >= 11 is 0. The lowest BCUT2D eigenvalue weighted by molar-refractivity contribution is -0.124. The van der Waals surface area contributed by atoms with Crippen LogP contribution in [-0.4, -0.2) is 43.0 Å². The zero-order valence-electron chi connectivity index (χ0n) is 21.4. The van der Waals surface area contributed by atoms with Crippen molar-refractivity contribution in [3.63, 3.8) is 0 Å². The molecule has 1 aliphatic heterocycles. The molecule has 2 aromatic carbocycles. The highest BCUT2D eigenvalue weighted by Gasteiger charge is 2.66. The Kier molecular flexibility index (Phi) is 7.01. The molecule has 0 spiro atoms. The fraction of sp³-hybridized carbons (Fsp3) is 0.552. The minimum Gasteiger partial charge on any atom is -0.351 e. The zero-order valence-corrected chi connectivity index (χ0v) is 22.3. The highest BCUT2D eigenvalue weighted by Crippen LogP contribution is 2.66. The first kappa shape index (κ1) is 25.4. The molecule has 194 valence electrons. The second kappa shape index (κ2) is 9.92. The lowest BCUT2D eigenvalue weighted by Gasteiger charge is -2.43. The number of hydrogen-bond acceptors (Lipinski definition) is 4. The van der Waals surface area contributed by atoms with Gasteiger partial charge in [-0.1, -0.05) is 74.5 Å². The Morgan fingerprint density at radius 2 is 1.61 bits per heavy atom. The highest BCUT2D eigenvalue weighted by molar-refractivity contribution is 7.89. The number of amides is 1. The summed E-state index contributed by atoms with van der Waals surface area (Å²) in [5, 5.41) is 6.62. The number of carbonyl (C=O) groups is 1. The lowest BCUT2D eigenvalue weighted by Crippen LogP contribution is -2.56. The summed E-state index contributed by atoms with van der Waals surface area (Å²) < 4.78 is 30.2. The Hall–Kier alpha value is -2.22. The first-order chi connectivity index (χ1) is 17.2. The van der Waals surface area contributed by atoms with Gasteiger partial charge in [-0.15, -0.1) is 0 Å². The smallest absolute Gasteiger partial charge is 0.237 e. The molecule has 4 atom stereocenters. The van der Waals surface area contributed by atoms with E-state index in [1.54, 1.807) is 4.31 Å². The SMILES string of the molecule is CC1(C)[C@@H]2CC[C@@]1(CS(=O)(=O)N(Cc1ccccc1)Cc1ccccc1)[C@H](NC(=O)[C@@H]1CCCN1)C2. The molecule has 1 saturated heterocycles. The molecule has 3 fully saturated rings. The topological polar surface area (TPSA) is 78.5 Å². The molecule has 5 rings (SSSR count). The van der Waals surface area contributed by atoms with E-state index in [-0.39, 0.29) is 29.2 Å². The first-order valence-corrected chi connectivity index (χ1v) is 14.9. The number of nitrogens with zero attached hydrogens (tertiary/aromatic N) is 1. The average molecular weight is 510 g/mol. The van der Waals surface area contributed by atoms with Gasteiger partial charge in [-0.25, -0.2) is 8.42 Å². The van der Waals surface area contributed by atoms with Crippen LogP contribution in [-0.2, 0) is 27.9 Å². The predicted octanol–water partition coefficient (Wildman–Crippen LogP) is 4.08.